The van der Waals surface area contributed by atoms with Gasteiger partial charge in [0.1, 0.15) is 0 Å². The summed E-state index contributed by atoms with van der Waals surface area (Å²) >= 11 is 0. The largest absolute Gasteiger partial charge is 0.398 e. The average Bonchev–Trinajstić information content (AvgIpc) is 1.69. The van der Waals surface area contributed by atoms with E-state index in [2.05, 4.69) is 12.1 Å². The monoisotopic (exact) mass is 91.0 g/mol. The van der Waals surface area contributed by atoms with E-state index in [1.54, 1.807) is 18.2 Å². The Balaban J connectivity index is 3.02. The van der Waals surface area contributed by atoms with Gasteiger partial charge in [-0.25, -0.2) is 0 Å². The van der Waals surface area contributed by atoms with Crippen LogP contribution in [-0.2, 0) is 0 Å². The SMILES string of the molecule is Nc1[c]cc[c]c1. The van der Waals surface area contributed by atoms with Crippen LogP contribution in [0.15, 0.2) is 18.2 Å². The zero-order valence-electron chi connectivity index (χ0n) is 3.81. The lowest BCUT2D eigenvalue weighted by atomic mass is 10.3. The summed E-state index contributed by atoms with van der Waals surface area (Å²) in [7, 11) is 0. The molecule has 0 saturated heterocycles. The third kappa shape index (κ3) is 0.929. The summed E-state index contributed by atoms with van der Waals surface area (Å²) in [5.41, 5.74) is 5.91. The first kappa shape index (κ1) is 4.19. The summed E-state index contributed by atoms with van der Waals surface area (Å²) in [6.45, 7) is 0. The van der Waals surface area contributed by atoms with Crippen LogP contribution in [0.1, 0.15) is 0 Å². The Hall–Kier alpha value is -0.980. The second-order valence-corrected chi connectivity index (χ2v) is 1.24. The fraction of sp³-hybridized carbons (Fsp3) is 0. The van der Waals surface area contributed by atoms with Crippen molar-refractivity contribution in [2.45, 2.75) is 0 Å². The average molecular weight is 91.1 g/mol. The molecule has 0 aliphatic carbocycles. The molecular weight excluding hydrogens is 86.1 g/mol. The lowest BCUT2D eigenvalue weighted by Crippen LogP contribution is -1.80. The van der Waals surface area contributed by atoms with Crippen molar-refractivity contribution in [2.24, 2.45) is 0 Å². The molecule has 7 heavy (non-hydrogen) atoms. The Bertz CT molecular complexity index is 134. The number of hydrogen-bond donors (Lipinski definition) is 1. The van der Waals surface area contributed by atoms with Crippen molar-refractivity contribution in [2.75, 3.05) is 5.73 Å². The minimum atomic E-state index is 0.641. The molecule has 2 N–H and O–H groups in total. The van der Waals surface area contributed by atoms with Crippen LogP contribution in [0.25, 0.3) is 0 Å². The van der Waals surface area contributed by atoms with Crippen LogP contribution < -0.4 is 5.73 Å². The fourth-order valence-electron chi connectivity index (χ4n) is 0.366. The van der Waals surface area contributed by atoms with Gasteiger partial charge in [-0.2, -0.15) is 0 Å². The smallest absolute Gasteiger partial charge is 0.0400 e. The molecule has 0 spiro atoms. The van der Waals surface area contributed by atoms with Gasteiger partial charge in [-0.05, 0) is 12.1 Å². The molecule has 1 nitrogen and oxygen atoms in total. The van der Waals surface area contributed by atoms with Crippen molar-refractivity contribution in [1.29, 1.82) is 0 Å². The van der Waals surface area contributed by atoms with Crippen LogP contribution in [0.2, 0.25) is 0 Å². The molecule has 0 aliphatic heterocycles. The lowest BCUT2D eigenvalue weighted by molar-refractivity contribution is 1.66. The molecule has 0 heterocycles. The molecule has 2 radical (unpaired) electrons. The van der Waals surface area contributed by atoms with Crippen LogP contribution in [0.4, 0.5) is 5.69 Å². The van der Waals surface area contributed by atoms with Crippen molar-refractivity contribution < 1.29 is 0 Å². The molecule has 1 aromatic rings. The predicted molar refractivity (Wildman–Crippen MR) is 28.5 cm³/mol. The lowest BCUT2D eigenvalue weighted by Gasteiger charge is -1.82. The Morgan fingerprint density at radius 2 is 2.29 bits per heavy atom. The number of nitrogen functional groups attached to an aromatic ring is 1. The molecule has 1 heteroatoms. The van der Waals surface area contributed by atoms with Gasteiger partial charge in [-0.3, -0.25) is 0 Å². The van der Waals surface area contributed by atoms with Crippen LogP contribution in [0.3, 0.4) is 0 Å². The third-order valence-corrected chi connectivity index (χ3v) is 0.668. The highest BCUT2D eigenvalue weighted by atomic mass is 14.5. The highest BCUT2D eigenvalue weighted by molar-refractivity contribution is 5.33. The number of hydrogen-bond acceptors (Lipinski definition) is 1. The van der Waals surface area contributed by atoms with Gasteiger partial charge in [0.05, 0.1) is 0 Å². The summed E-state index contributed by atoms with van der Waals surface area (Å²) in [5, 5.41) is 0. The van der Waals surface area contributed by atoms with Crippen molar-refractivity contribution in [3.05, 3.63) is 30.3 Å². The first-order chi connectivity index (χ1) is 3.39. The normalized spacial score (nSPS) is 8.57. The third-order valence-electron chi connectivity index (χ3n) is 0.668. The zero-order valence-corrected chi connectivity index (χ0v) is 3.81. The molecule has 0 aromatic heterocycles. The van der Waals surface area contributed by atoms with E-state index in [-0.39, 0.29) is 0 Å². The first-order valence-electron chi connectivity index (χ1n) is 2.03. The molecule has 0 aliphatic rings. The maximum atomic E-state index is 5.27. The van der Waals surface area contributed by atoms with E-state index in [1.807, 2.05) is 0 Å². The molecule has 0 amide bonds. The molecule has 1 aromatic carbocycles. The molecule has 0 atom stereocenters. The second kappa shape index (κ2) is 1.65. The van der Waals surface area contributed by atoms with Gasteiger partial charge >= 0.3 is 0 Å². The zero-order chi connectivity index (χ0) is 5.11. The van der Waals surface area contributed by atoms with Gasteiger partial charge in [0.15, 0.2) is 0 Å². The van der Waals surface area contributed by atoms with Crippen LogP contribution in [0.5, 0.6) is 0 Å². The molecule has 0 unspecified atom stereocenters. The van der Waals surface area contributed by atoms with Crippen LogP contribution in [-0.4, -0.2) is 0 Å². The van der Waals surface area contributed by atoms with Gasteiger partial charge in [0.2, 0.25) is 0 Å². The highest BCUT2D eigenvalue weighted by Crippen LogP contribution is 1.93. The Morgan fingerprint density at radius 1 is 1.43 bits per heavy atom. The Kier molecular flexibility index (Phi) is 0.984. The van der Waals surface area contributed by atoms with E-state index in [1.165, 1.54) is 0 Å². The number of anilines is 1. The van der Waals surface area contributed by atoms with E-state index in [0.717, 1.165) is 0 Å². The van der Waals surface area contributed by atoms with Crippen molar-refractivity contribution in [3.8, 4) is 0 Å². The second-order valence-electron chi connectivity index (χ2n) is 1.24. The summed E-state index contributed by atoms with van der Waals surface area (Å²) in [4.78, 5) is 0. The van der Waals surface area contributed by atoms with Crippen LogP contribution >= 0.6 is 0 Å². The van der Waals surface area contributed by atoms with E-state index in [9.17, 15) is 0 Å². The molecule has 0 bridgehead atoms. The Morgan fingerprint density at radius 3 is 2.57 bits per heavy atom. The number of benzene rings is 1. The fourth-order valence-corrected chi connectivity index (χ4v) is 0.366. The molecular formula is C6H5N. The van der Waals surface area contributed by atoms with Gasteiger partial charge < -0.3 is 5.73 Å². The van der Waals surface area contributed by atoms with E-state index in [4.69, 9.17) is 5.73 Å². The topological polar surface area (TPSA) is 26.0 Å². The minimum absolute atomic E-state index is 0.641. The van der Waals surface area contributed by atoms with E-state index < -0.39 is 0 Å². The number of nitrogens with two attached hydrogens (primary N) is 1. The Labute approximate surface area is 42.8 Å². The van der Waals surface area contributed by atoms with E-state index in [0.29, 0.717) is 5.69 Å². The molecule has 0 fully saturated rings. The minimum Gasteiger partial charge on any atom is -0.398 e. The van der Waals surface area contributed by atoms with Gasteiger partial charge in [0.25, 0.3) is 0 Å². The molecule has 0 saturated carbocycles. The van der Waals surface area contributed by atoms with Gasteiger partial charge in [-0.1, -0.05) is 12.1 Å². The molecule has 34 valence electrons. The van der Waals surface area contributed by atoms with Crippen molar-refractivity contribution >= 4 is 5.69 Å². The maximum Gasteiger partial charge on any atom is 0.0400 e. The maximum absolute atomic E-state index is 5.27. The van der Waals surface area contributed by atoms with Gasteiger partial charge in [-0.15, -0.1) is 0 Å². The van der Waals surface area contributed by atoms with E-state index >= 15 is 0 Å². The first-order valence-corrected chi connectivity index (χ1v) is 2.03. The summed E-state index contributed by atoms with van der Waals surface area (Å²) < 4.78 is 0. The van der Waals surface area contributed by atoms with Crippen molar-refractivity contribution in [3.63, 3.8) is 0 Å². The summed E-state index contributed by atoms with van der Waals surface area (Å²) in [6.07, 6.45) is 0. The van der Waals surface area contributed by atoms with Crippen LogP contribution in [0, 0.1) is 12.1 Å². The molecule has 1 rings (SSSR count). The predicted octanol–water partition coefficient (Wildman–Crippen LogP) is 0.869. The van der Waals surface area contributed by atoms with Crippen molar-refractivity contribution in [1.82, 2.24) is 0 Å². The quantitative estimate of drug-likeness (QED) is 0.471. The summed E-state index contributed by atoms with van der Waals surface area (Å²) in [5.74, 6) is 0. The number of rotatable bonds is 0. The highest BCUT2D eigenvalue weighted by Gasteiger charge is 1.74. The van der Waals surface area contributed by atoms with Gasteiger partial charge in [0, 0.05) is 11.8 Å². The standard InChI is InChI=1S/C6H5N/c7-6-4-2-1-3-5-6/h1-2,5H,7H2. The summed E-state index contributed by atoms with van der Waals surface area (Å²) in [6, 6.07) is 10.8.